The summed E-state index contributed by atoms with van der Waals surface area (Å²) in [6, 6.07) is 5.18. The van der Waals surface area contributed by atoms with E-state index in [4.69, 9.17) is 0 Å². The summed E-state index contributed by atoms with van der Waals surface area (Å²) < 4.78 is 3.02. The Morgan fingerprint density at radius 1 is 1.04 bits per heavy atom. The quantitative estimate of drug-likeness (QED) is 0.560. The minimum atomic E-state index is -0.308. The van der Waals surface area contributed by atoms with Crippen LogP contribution >= 0.6 is 0 Å². The average Bonchev–Trinajstić information content (AvgIpc) is 3.06. The standard InChI is InChI=1S/C19H20N6O2/c1-11(2)4-7-24-8-5-15-13(17(24)26)10-14-16(21-15)6-9-25(18(14)27)19-20-12(3)22-23-19/h5-6,8-11H,4,7H2,1-3H3,(H,20,22,23). The number of aryl methyl sites for hydroxylation is 2. The van der Waals surface area contributed by atoms with Crippen LogP contribution < -0.4 is 11.1 Å². The highest BCUT2D eigenvalue weighted by Gasteiger charge is 2.12. The van der Waals surface area contributed by atoms with Crippen LogP contribution in [-0.4, -0.2) is 29.3 Å². The van der Waals surface area contributed by atoms with Crippen molar-refractivity contribution >= 4 is 21.8 Å². The lowest BCUT2D eigenvalue weighted by Crippen LogP contribution is -2.22. The van der Waals surface area contributed by atoms with E-state index in [1.54, 1.807) is 36.0 Å². The summed E-state index contributed by atoms with van der Waals surface area (Å²) in [7, 11) is 0. The first-order chi connectivity index (χ1) is 12.9. The predicted molar refractivity (Wildman–Crippen MR) is 103 cm³/mol. The van der Waals surface area contributed by atoms with Crippen LogP contribution in [0, 0.1) is 12.8 Å². The predicted octanol–water partition coefficient (Wildman–Crippen LogP) is 2.17. The summed E-state index contributed by atoms with van der Waals surface area (Å²) in [5.41, 5.74) is 0.679. The molecule has 4 aromatic rings. The molecule has 0 radical (unpaired) electrons. The van der Waals surface area contributed by atoms with E-state index in [-0.39, 0.29) is 17.1 Å². The molecule has 4 aromatic heterocycles. The zero-order chi connectivity index (χ0) is 19.1. The third-order valence-corrected chi connectivity index (χ3v) is 4.56. The molecular formula is C19H20N6O2. The summed E-state index contributed by atoms with van der Waals surface area (Å²) in [6.45, 7) is 6.64. The highest BCUT2D eigenvalue weighted by atomic mass is 16.1. The summed E-state index contributed by atoms with van der Waals surface area (Å²) in [4.78, 5) is 34.4. The second kappa shape index (κ2) is 6.46. The fraction of sp³-hybridized carbons (Fsp3) is 0.316. The Bertz CT molecular complexity index is 1260. The molecule has 0 spiro atoms. The molecule has 0 amide bonds. The van der Waals surface area contributed by atoms with Crippen molar-refractivity contribution < 1.29 is 0 Å². The number of aromatic nitrogens is 6. The van der Waals surface area contributed by atoms with E-state index in [0.29, 0.717) is 40.1 Å². The van der Waals surface area contributed by atoms with Crippen LogP contribution in [-0.2, 0) is 6.54 Å². The van der Waals surface area contributed by atoms with Gasteiger partial charge in [0.2, 0.25) is 0 Å². The van der Waals surface area contributed by atoms with Gasteiger partial charge in [0.15, 0.2) is 0 Å². The minimum absolute atomic E-state index is 0.133. The molecule has 0 atom stereocenters. The van der Waals surface area contributed by atoms with Crippen LogP contribution in [0.3, 0.4) is 0 Å². The third-order valence-electron chi connectivity index (χ3n) is 4.56. The molecule has 1 N–H and O–H groups in total. The van der Waals surface area contributed by atoms with Gasteiger partial charge in [0, 0.05) is 18.9 Å². The van der Waals surface area contributed by atoms with E-state index >= 15 is 0 Å². The molecule has 0 aliphatic heterocycles. The molecule has 0 aliphatic rings. The van der Waals surface area contributed by atoms with Crippen molar-refractivity contribution in [2.24, 2.45) is 5.92 Å². The van der Waals surface area contributed by atoms with Gasteiger partial charge in [0.1, 0.15) is 5.82 Å². The van der Waals surface area contributed by atoms with Gasteiger partial charge in [0.05, 0.1) is 21.8 Å². The second-order valence-corrected chi connectivity index (χ2v) is 7.06. The Morgan fingerprint density at radius 3 is 2.41 bits per heavy atom. The van der Waals surface area contributed by atoms with Gasteiger partial charge >= 0.3 is 0 Å². The molecule has 4 heterocycles. The fourth-order valence-electron chi connectivity index (χ4n) is 3.03. The van der Waals surface area contributed by atoms with Gasteiger partial charge in [-0.2, -0.15) is 4.98 Å². The first-order valence-corrected chi connectivity index (χ1v) is 8.89. The maximum absolute atomic E-state index is 12.9. The van der Waals surface area contributed by atoms with Crippen molar-refractivity contribution in [1.82, 2.24) is 29.3 Å². The highest BCUT2D eigenvalue weighted by molar-refractivity contribution is 5.91. The van der Waals surface area contributed by atoms with E-state index in [1.165, 1.54) is 4.57 Å². The first-order valence-electron chi connectivity index (χ1n) is 8.89. The van der Waals surface area contributed by atoms with Crippen molar-refractivity contribution in [3.05, 3.63) is 57.1 Å². The Balaban J connectivity index is 1.91. The minimum Gasteiger partial charge on any atom is -0.315 e. The van der Waals surface area contributed by atoms with Crippen LogP contribution in [0.5, 0.6) is 0 Å². The molecule has 0 aromatic carbocycles. The summed E-state index contributed by atoms with van der Waals surface area (Å²) in [5.74, 6) is 1.38. The van der Waals surface area contributed by atoms with Crippen LogP contribution in [0.2, 0.25) is 0 Å². The van der Waals surface area contributed by atoms with E-state index in [1.807, 2.05) is 6.07 Å². The van der Waals surface area contributed by atoms with E-state index < -0.39 is 0 Å². The molecule has 27 heavy (non-hydrogen) atoms. The average molecular weight is 364 g/mol. The van der Waals surface area contributed by atoms with E-state index in [0.717, 1.165) is 6.42 Å². The lowest BCUT2D eigenvalue weighted by molar-refractivity contribution is 0.509. The molecular weight excluding hydrogens is 344 g/mol. The molecule has 0 bridgehead atoms. The normalized spacial score (nSPS) is 11.7. The third kappa shape index (κ3) is 3.03. The van der Waals surface area contributed by atoms with Crippen molar-refractivity contribution in [3.8, 4) is 5.95 Å². The number of pyridine rings is 3. The van der Waals surface area contributed by atoms with Crippen molar-refractivity contribution in [1.29, 1.82) is 0 Å². The molecule has 0 saturated heterocycles. The van der Waals surface area contributed by atoms with Gasteiger partial charge < -0.3 is 4.57 Å². The fourth-order valence-corrected chi connectivity index (χ4v) is 3.03. The molecule has 4 rings (SSSR count). The number of aromatic amines is 1. The number of hydrogen-bond acceptors (Lipinski definition) is 5. The Kier molecular flexibility index (Phi) is 4.10. The SMILES string of the molecule is Cc1nc(-n2ccc3nc4ccn(CCC(C)C)c(=O)c4cc3c2=O)n[nH]1. The zero-order valence-electron chi connectivity index (χ0n) is 15.4. The van der Waals surface area contributed by atoms with Crippen molar-refractivity contribution in [2.75, 3.05) is 0 Å². The topological polar surface area (TPSA) is 98.5 Å². The maximum atomic E-state index is 12.9. The second-order valence-electron chi connectivity index (χ2n) is 7.06. The molecule has 0 unspecified atom stereocenters. The molecule has 0 saturated carbocycles. The number of fused-ring (bicyclic) bond motifs is 2. The maximum Gasteiger partial charge on any atom is 0.267 e. The summed E-state index contributed by atoms with van der Waals surface area (Å²) in [6.07, 6.45) is 4.27. The van der Waals surface area contributed by atoms with Gasteiger partial charge in [-0.3, -0.25) is 14.7 Å². The van der Waals surface area contributed by atoms with Gasteiger partial charge in [-0.25, -0.2) is 9.55 Å². The summed E-state index contributed by atoms with van der Waals surface area (Å²) >= 11 is 0. The number of nitrogens with zero attached hydrogens (tertiary/aromatic N) is 5. The van der Waals surface area contributed by atoms with Crippen molar-refractivity contribution in [3.63, 3.8) is 0 Å². The number of H-pyrrole nitrogens is 1. The van der Waals surface area contributed by atoms with Gasteiger partial charge in [-0.05, 0) is 37.5 Å². The van der Waals surface area contributed by atoms with Crippen LogP contribution in [0.4, 0.5) is 0 Å². The lowest BCUT2D eigenvalue weighted by atomic mass is 10.1. The lowest BCUT2D eigenvalue weighted by Gasteiger charge is -2.09. The van der Waals surface area contributed by atoms with Crippen LogP contribution in [0.1, 0.15) is 26.1 Å². The van der Waals surface area contributed by atoms with Gasteiger partial charge in [0.25, 0.3) is 17.1 Å². The van der Waals surface area contributed by atoms with E-state index in [2.05, 4.69) is 34.0 Å². The van der Waals surface area contributed by atoms with Crippen LogP contribution in [0.25, 0.3) is 27.8 Å². The first kappa shape index (κ1) is 17.1. The number of nitrogens with one attached hydrogen (secondary N) is 1. The van der Waals surface area contributed by atoms with Gasteiger partial charge in [-0.1, -0.05) is 13.8 Å². The molecule has 8 nitrogen and oxygen atoms in total. The van der Waals surface area contributed by atoms with E-state index in [9.17, 15) is 9.59 Å². The number of rotatable bonds is 4. The monoisotopic (exact) mass is 364 g/mol. The van der Waals surface area contributed by atoms with Crippen LogP contribution in [0.15, 0.2) is 40.2 Å². The Morgan fingerprint density at radius 2 is 1.74 bits per heavy atom. The molecule has 0 fully saturated rings. The summed E-state index contributed by atoms with van der Waals surface area (Å²) in [5, 5.41) is 7.56. The Labute approximate surface area is 154 Å². The van der Waals surface area contributed by atoms with Crippen molar-refractivity contribution in [2.45, 2.75) is 33.7 Å². The van der Waals surface area contributed by atoms with Gasteiger partial charge in [-0.15, -0.1) is 5.10 Å². The molecule has 8 heteroatoms. The zero-order valence-corrected chi connectivity index (χ0v) is 15.4. The molecule has 138 valence electrons. The largest absolute Gasteiger partial charge is 0.315 e. The smallest absolute Gasteiger partial charge is 0.267 e. The Hall–Kier alpha value is -3.29. The number of hydrogen-bond donors (Lipinski definition) is 1. The molecule has 0 aliphatic carbocycles. The highest BCUT2D eigenvalue weighted by Crippen LogP contribution is 2.15.